The standard InChI is InChI=1S/C16H14ClF2NO/c1-16(10-17,11-5-3-2-4-6-11)20-15(21)13-8-7-12(18)9-14(13)19/h2-9H,10H2,1H3,(H,20,21). The molecule has 1 amide bonds. The highest BCUT2D eigenvalue weighted by Gasteiger charge is 2.28. The molecule has 0 bridgehead atoms. The average Bonchev–Trinajstić information content (AvgIpc) is 2.47. The van der Waals surface area contributed by atoms with Gasteiger partial charge in [0.25, 0.3) is 5.91 Å². The van der Waals surface area contributed by atoms with Crippen LogP contribution in [0, 0.1) is 11.6 Å². The smallest absolute Gasteiger partial charge is 0.254 e. The maximum absolute atomic E-state index is 13.6. The Labute approximate surface area is 126 Å². The number of hydrogen-bond acceptors (Lipinski definition) is 1. The average molecular weight is 310 g/mol. The van der Waals surface area contributed by atoms with Gasteiger partial charge in [0.05, 0.1) is 11.1 Å². The van der Waals surface area contributed by atoms with Crippen molar-refractivity contribution in [1.82, 2.24) is 5.32 Å². The number of nitrogens with one attached hydrogen (secondary N) is 1. The highest BCUT2D eigenvalue weighted by molar-refractivity contribution is 6.19. The maximum Gasteiger partial charge on any atom is 0.254 e. The molecule has 0 heterocycles. The van der Waals surface area contributed by atoms with Gasteiger partial charge in [-0.05, 0) is 24.6 Å². The fourth-order valence-electron chi connectivity index (χ4n) is 1.98. The number of alkyl halides is 1. The van der Waals surface area contributed by atoms with Gasteiger partial charge in [0.1, 0.15) is 11.6 Å². The van der Waals surface area contributed by atoms with Crippen LogP contribution < -0.4 is 5.32 Å². The van der Waals surface area contributed by atoms with Crippen molar-refractivity contribution in [3.63, 3.8) is 0 Å². The molecule has 21 heavy (non-hydrogen) atoms. The summed E-state index contributed by atoms with van der Waals surface area (Å²) in [5.74, 6) is -2.16. The molecule has 1 unspecified atom stereocenters. The number of hydrogen-bond donors (Lipinski definition) is 1. The molecule has 2 aromatic carbocycles. The Morgan fingerprint density at radius 2 is 1.86 bits per heavy atom. The quantitative estimate of drug-likeness (QED) is 0.854. The minimum Gasteiger partial charge on any atom is -0.341 e. The minimum absolute atomic E-state index is 0.117. The molecular formula is C16H14ClF2NO. The number of amides is 1. The summed E-state index contributed by atoms with van der Waals surface area (Å²) in [5.41, 5.74) is -0.264. The number of benzene rings is 2. The van der Waals surface area contributed by atoms with Gasteiger partial charge < -0.3 is 5.32 Å². The second-order valence-electron chi connectivity index (χ2n) is 4.91. The highest BCUT2D eigenvalue weighted by atomic mass is 35.5. The summed E-state index contributed by atoms with van der Waals surface area (Å²) in [4.78, 5) is 12.2. The van der Waals surface area contributed by atoms with E-state index in [0.29, 0.717) is 6.07 Å². The lowest BCUT2D eigenvalue weighted by Gasteiger charge is -2.29. The molecule has 5 heteroatoms. The Morgan fingerprint density at radius 3 is 2.43 bits per heavy atom. The third-order valence-electron chi connectivity index (χ3n) is 3.24. The predicted molar refractivity (Wildman–Crippen MR) is 78.3 cm³/mol. The number of carbonyl (C=O) groups excluding carboxylic acids is 1. The first-order chi connectivity index (χ1) is 9.96. The fraction of sp³-hybridized carbons (Fsp3) is 0.188. The Balaban J connectivity index is 2.28. The van der Waals surface area contributed by atoms with E-state index in [1.54, 1.807) is 6.92 Å². The molecule has 0 spiro atoms. The highest BCUT2D eigenvalue weighted by Crippen LogP contribution is 2.23. The predicted octanol–water partition coefficient (Wildman–Crippen LogP) is 3.85. The lowest BCUT2D eigenvalue weighted by atomic mass is 9.93. The molecule has 1 atom stereocenters. The molecule has 0 saturated carbocycles. The molecule has 0 aliphatic rings. The Hall–Kier alpha value is -1.94. The summed E-state index contributed by atoms with van der Waals surface area (Å²) >= 11 is 5.97. The van der Waals surface area contributed by atoms with Gasteiger partial charge in [-0.25, -0.2) is 8.78 Å². The zero-order chi connectivity index (χ0) is 15.5. The van der Waals surface area contributed by atoms with Crippen LogP contribution in [0.15, 0.2) is 48.5 Å². The van der Waals surface area contributed by atoms with Crippen molar-refractivity contribution in [1.29, 1.82) is 0 Å². The summed E-state index contributed by atoms with van der Waals surface area (Å²) in [6, 6.07) is 12.0. The molecule has 0 radical (unpaired) electrons. The van der Waals surface area contributed by atoms with E-state index in [1.165, 1.54) is 0 Å². The summed E-state index contributed by atoms with van der Waals surface area (Å²) < 4.78 is 26.5. The van der Waals surface area contributed by atoms with Crippen LogP contribution in [0.5, 0.6) is 0 Å². The van der Waals surface area contributed by atoms with Crippen molar-refractivity contribution in [3.8, 4) is 0 Å². The van der Waals surface area contributed by atoms with E-state index in [2.05, 4.69) is 5.32 Å². The van der Waals surface area contributed by atoms with Crippen molar-refractivity contribution >= 4 is 17.5 Å². The third-order valence-corrected chi connectivity index (χ3v) is 3.78. The molecule has 0 aromatic heterocycles. The Bertz CT molecular complexity index is 648. The molecule has 1 N–H and O–H groups in total. The second kappa shape index (κ2) is 6.22. The van der Waals surface area contributed by atoms with Crippen molar-refractivity contribution < 1.29 is 13.6 Å². The number of rotatable bonds is 4. The van der Waals surface area contributed by atoms with Crippen LogP contribution >= 0.6 is 11.6 Å². The summed E-state index contributed by atoms with van der Waals surface area (Å²) in [6.07, 6.45) is 0. The second-order valence-corrected chi connectivity index (χ2v) is 5.18. The van der Waals surface area contributed by atoms with Gasteiger partial charge in [0, 0.05) is 11.9 Å². The summed E-state index contributed by atoms with van der Waals surface area (Å²) in [5, 5.41) is 2.70. The van der Waals surface area contributed by atoms with Gasteiger partial charge in [0.15, 0.2) is 0 Å². The molecule has 0 aliphatic carbocycles. The van der Waals surface area contributed by atoms with Crippen LogP contribution in [0.4, 0.5) is 8.78 Å². The van der Waals surface area contributed by atoms with E-state index in [-0.39, 0.29) is 11.4 Å². The Kier molecular flexibility index (Phi) is 4.58. The molecule has 2 aromatic rings. The first-order valence-electron chi connectivity index (χ1n) is 6.35. The van der Waals surface area contributed by atoms with E-state index in [1.807, 2.05) is 30.3 Å². The number of halogens is 3. The normalized spacial score (nSPS) is 13.5. The van der Waals surface area contributed by atoms with E-state index in [0.717, 1.165) is 17.7 Å². The summed E-state index contributed by atoms with van der Waals surface area (Å²) in [7, 11) is 0. The van der Waals surface area contributed by atoms with Crippen LogP contribution in [0.3, 0.4) is 0 Å². The Morgan fingerprint density at radius 1 is 1.19 bits per heavy atom. The van der Waals surface area contributed by atoms with Crippen LogP contribution in [0.2, 0.25) is 0 Å². The van der Waals surface area contributed by atoms with Gasteiger partial charge in [-0.1, -0.05) is 30.3 Å². The topological polar surface area (TPSA) is 29.1 Å². The van der Waals surface area contributed by atoms with Gasteiger partial charge in [0.2, 0.25) is 0 Å². The first-order valence-corrected chi connectivity index (χ1v) is 6.89. The largest absolute Gasteiger partial charge is 0.341 e. The minimum atomic E-state index is -0.905. The monoisotopic (exact) mass is 309 g/mol. The van der Waals surface area contributed by atoms with E-state index < -0.39 is 23.1 Å². The van der Waals surface area contributed by atoms with E-state index in [4.69, 9.17) is 11.6 Å². The van der Waals surface area contributed by atoms with Gasteiger partial charge in [-0.3, -0.25) is 4.79 Å². The number of carbonyl (C=O) groups is 1. The van der Waals surface area contributed by atoms with Crippen LogP contribution in [0.1, 0.15) is 22.8 Å². The van der Waals surface area contributed by atoms with Gasteiger partial charge in [-0.15, -0.1) is 11.6 Å². The third kappa shape index (κ3) is 3.39. The van der Waals surface area contributed by atoms with Crippen molar-refractivity contribution in [2.75, 3.05) is 5.88 Å². The first kappa shape index (κ1) is 15.4. The van der Waals surface area contributed by atoms with Crippen LogP contribution in [-0.4, -0.2) is 11.8 Å². The van der Waals surface area contributed by atoms with Crippen LogP contribution in [-0.2, 0) is 5.54 Å². The SMILES string of the molecule is CC(CCl)(NC(=O)c1ccc(F)cc1F)c1ccccc1. The molecule has 0 aliphatic heterocycles. The molecule has 110 valence electrons. The van der Waals surface area contributed by atoms with Crippen molar-refractivity contribution in [3.05, 3.63) is 71.3 Å². The fourth-order valence-corrected chi connectivity index (χ4v) is 2.20. The zero-order valence-corrected chi connectivity index (χ0v) is 12.1. The molecule has 2 nitrogen and oxygen atoms in total. The van der Waals surface area contributed by atoms with Gasteiger partial charge in [-0.2, -0.15) is 0 Å². The van der Waals surface area contributed by atoms with E-state index in [9.17, 15) is 13.6 Å². The van der Waals surface area contributed by atoms with Crippen molar-refractivity contribution in [2.45, 2.75) is 12.5 Å². The van der Waals surface area contributed by atoms with E-state index >= 15 is 0 Å². The molecule has 2 rings (SSSR count). The maximum atomic E-state index is 13.6. The zero-order valence-electron chi connectivity index (χ0n) is 11.4. The van der Waals surface area contributed by atoms with Crippen molar-refractivity contribution in [2.24, 2.45) is 0 Å². The molecule has 0 saturated heterocycles. The lowest BCUT2D eigenvalue weighted by molar-refractivity contribution is 0.0909. The van der Waals surface area contributed by atoms with Gasteiger partial charge >= 0.3 is 0 Å². The summed E-state index contributed by atoms with van der Waals surface area (Å²) in [6.45, 7) is 1.74. The molecule has 0 fully saturated rings. The lowest BCUT2D eigenvalue weighted by Crippen LogP contribution is -2.45. The molecular weight excluding hydrogens is 296 g/mol. The van der Waals surface area contributed by atoms with Crippen LogP contribution in [0.25, 0.3) is 0 Å².